The Morgan fingerprint density at radius 2 is 2.14 bits per heavy atom. The molecule has 2 heterocycles. The van der Waals surface area contributed by atoms with E-state index in [1.165, 1.54) is 0 Å². The number of ether oxygens (including phenoxy) is 2. The van der Waals surface area contributed by atoms with Gasteiger partial charge in [-0.2, -0.15) is 0 Å². The standard InChI is InChI=1S/C15H15NO5/c1-2-4-10-13(15(17)18)21-14(16-10)9-5-3-6-11-12(9)20-8-7-19-11/h3,5-6H,2,4,7-8H2,1H3,(H,17,18). The molecule has 0 saturated heterocycles. The highest BCUT2D eigenvalue weighted by molar-refractivity contribution is 5.86. The van der Waals surface area contributed by atoms with Gasteiger partial charge in [0.25, 0.3) is 0 Å². The van der Waals surface area contributed by atoms with Gasteiger partial charge in [-0.25, -0.2) is 9.78 Å². The molecular formula is C15H15NO5. The number of fused-ring (bicyclic) bond motifs is 1. The predicted molar refractivity (Wildman–Crippen MR) is 73.9 cm³/mol. The first-order chi connectivity index (χ1) is 10.2. The van der Waals surface area contributed by atoms with Crippen molar-refractivity contribution >= 4 is 5.97 Å². The molecule has 110 valence electrons. The minimum absolute atomic E-state index is 0.110. The molecular weight excluding hydrogens is 274 g/mol. The van der Waals surface area contributed by atoms with Crippen molar-refractivity contribution in [3.05, 3.63) is 29.7 Å². The first-order valence-electron chi connectivity index (χ1n) is 6.82. The van der Waals surface area contributed by atoms with Crippen LogP contribution in [0.5, 0.6) is 11.5 Å². The van der Waals surface area contributed by atoms with Crippen molar-refractivity contribution in [2.24, 2.45) is 0 Å². The van der Waals surface area contributed by atoms with E-state index in [1.807, 2.05) is 6.92 Å². The molecule has 0 saturated carbocycles. The summed E-state index contributed by atoms with van der Waals surface area (Å²) in [6.45, 7) is 2.89. The van der Waals surface area contributed by atoms with Crippen LogP contribution in [-0.4, -0.2) is 29.3 Å². The van der Waals surface area contributed by atoms with Crippen LogP contribution >= 0.6 is 0 Å². The SMILES string of the molecule is CCCc1nc(-c2cccc3c2OCCO3)oc1C(=O)O. The van der Waals surface area contributed by atoms with Crippen molar-refractivity contribution in [2.45, 2.75) is 19.8 Å². The highest BCUT2D eigenvalue weighted by Crippen LogP contribution is 2.39. The molecule has 0 aliphatic carbocycles. The van der Waals surface area contributed by atoms with Gasteiger partial charge in [0.2, 0.25) is 11.7 Å². The average molecular weight is 289 g/mol. The third-order valence-corrected chi connectivity index (χ3v) is 3.18. The van der Waals surface area contributed by atoms with E-state index in [0.29, 0.717) is 42.4 Å². The van der Waals surface area contributed by atoms with Gasteiger partial charge < -0.3 is 19.0 Å². The molecule has 21 heavy (non-hydrogen) atoms. The Bertz CT molecular complexity index is 677. The minimum Gasteiger partial charge on any atom is -0.486 e. The Balaban J connectivity index is 2.08. The largest absolute Gasteiger partial charge is 0.486 e. The summed E-state index contributed by atoms with van der Waals surface area (Å²) >= 11 is 0. The molecule has 1 aliphatic heterocycles. The monoisotopic (exact) mass is 289 g/mol. The summed E-state index contributed by atoms with van der Waals surface area (Å²) in [6, 6.07) is 5.37. The summed E-state index contributed by atoms with van der Waals surface area (Å²) in [5.41, 5.74) is 1.06. The number of aromatic carboxylic acids is 1. The maximum Gasteiger partial charge on any atom is 0.373 e. The number of hydrogen-bond donors (Lipinski definition) is 1. The van der Waals surface area contributed by atoms with Crippen molar-refractivity contribution in [1.82, 2.24) is 4.98 Å². The quantitative estimate of drug-likeness (QED) is 0.932. The molecule has 1 N–H and O–H groups in total. The van der Waals surface area contributed by atoms with Crippen LogP contribution in [0.15, 0.2) is 22.6 Å². The Kier molecular flexibility index (Phi) is 3.51. The molecule has 0 amide bonds. The molecule has 0 bridgehead atoms. The lowest BCUT2D eigenvalue weighted by molar-refractivity contribution is 0.0661. The van der Waals surface area contributed by atoms with Crippen molar-refractivity contribution in [1.29, 1.82) is 0 Å². The second-order valence-corrected chi connectivity index (χ2v) is 4.68. The molecule has 0 spiro atoms. The van der Waals surface area contributed by atoms with Crippen LogP contribution < -0.4 is 9.47 Å². The summed E-state index contributed by atoms with van der Waals surface area (Å²) in [5.74, 6) is 0.189. The highest BCUT2D eigenvalue weighted by atomic mass is 16.6. The van der Waals surface area contributed by atoms with E-state index in [4.69, 9.17) is 13.9 Å². The number of aryl methyl sites for hydroxylation is 1. The fourth-order valence-corrected chi connectivity index (χ4v) is 2.28. The van der Waals surface area contributed by atoms with Crippen LogP contribution in [0.2, 0.25) is 0 Å². The molecule has 6 nitrogen and oxygen atoms in total. The Labute approximate surface area is 121 Å². The van der Waals surface area contributed by atoms with Crippen LogP contribution in [0.3, 0.4) is 0 Å². The lowest BCUT2D eigenvalue weighted by Gasteiger charge is -2.19. The lowest BCUT2D eigenvalue weighted by Crippen LogP contribution is -2.15. The molecule has 3 rings (SSSR count). The van der Waals surface area contributed by atoms with E-state index in [1.54, 1.807) is 18.2 Å². The zero-order chi connectivity index (χ0) is 14.8. The van der Waals surface area contributed by atoms with Gasteiger partial charge in [0.1, 0.15) is 13.2 Å². The fraction of sp³-hybridized carbons (Fsp3) is 0.333. The second-order valence-electron chi connectivity index (χ2n) is 4.68. The van der Waals surface area contributed by atoms with Crippen LogP contribution in [0, 0.1) is 0 Å². The van der Waals surface area contributed by atoms with Gasteiger partial charge in [-0.15, -0.1) is 0 Å². The number of nitrogens with zero attached hydrogens (tertiary/aromatic N) is 1. The maximum absolute atomic E-state index is 11.2. The van der Waals surface area contributed by atoms with Gasteiger partial charge in [-0.05, 0) is 18.6 Å². The third kappa shape index (κ3) is 2.44. The molecule has 1 aliphatic rings. The topological polar surface area (TPSA) is 81.8 Å². The number of carbonyl (C=O) groups is 1. The zero-order valence-corrected chi connectivity index (χ0v) is 11.6. The molecule has 0 atom stereocenters. The number of hydrogen-bond acceptors (Lipinski definition) is 5. The Morgan fingerprint density at radius 3 is 2.90 bits per heavy atom. The molecule has 1 aromatic heterocycles. The van der Waals surface area contributed by atoms with Crippen molar-refractivity contribution < 1.29 is 23.8 Å². The van der Waals surface area contributed by atoms with Gasteiger partial charge in [0.05, 0.1) is 11.3 Å². The molecule has 2 aromatic rings. The number of carboxylic acid groups (broad SMARTS) is 1. The minimum atomic E-state index is -1.11. The highest BCUT2D eigenvalue weighted by Gasteiger charge is 2.24. The van der Waals surface area contributed by atoms with E-state index in [9.17, 15) is 9.90 Å². The number of oxazole rings is 1. The molecule has 0 unspecified atom stereocenters. The van der Waals surface area contributed by atoms with E-state index in [2.05, 4.69) is 4.98 Å². The summed E-state index contributed by atoms with van der Waals surface area (Å²) in [4.78, 5) is 15.6. The number of benzene rings is 1. The van der Waals surface area contributed by atoms with Crippen LogP contribution in [0.4, 0.5) is 0 Å². The lowest BCUT2D eigenvalue weighted by atomic mass is 10.1. The molecule has 0 fully saturated rings. The van der Waals surface area contributed by atoms with E-state index >= 15 is 0 Å². The Hall–Kier alpha value is -2.50. The van der Waals surface area contributed by atoms with Crippen molar-refractivity contribution in [3.63, 3.8) is 0 Å². The van der Waals surface area contributed by atoms with Crippen LogP contribution in [0.1, 0.15) is 29.6 Å². The summed E-state index contributed by atoms with van der Waals surface area (Å²) in [6.07, 6.45) is 1.34. The number of aromatic nitrogens is 1. The first-order valence-corrected chi connectivity index (χ1v) is 6.82. The van der Waals surface area contributed by atoms with Gasteiger partial charge in [-0.1, -0.05) is 19.4 Å². The van der Waals surface area contributed by atoms with Gasteiger partial charge in [0, 0.05) is 0 Å². The fourth-order valence-electron chi connectivity index (χ4n) is 2.28. The molecule has 6 heteroatoms. The normalized spacial score (nSPS) is 13.2. The number of para-hydroxylation sites is 1. The van der Waals surface area contributed by atoms with Gasteiger partial charge in [-0.3, -0.25) is 0 Å². The molecule has 0 radical (unpaired) electrons. The van der Waals surface area contributed by atoms with Gasteiger partial charge in [0.15, 0.2) is 11.5 Å². The van der Waals surface area contributed by atoms with Crippen molar-refractivity contribution in [2.75, 3.05) is 13.2 Å². The van der Waals surface area contributed by atoms with Gasteiger partial charge >= 0.3 is 5.97 Å². The van der Waals surface area contributed by atoms with E-state index < -0.39 is 5.97 Å². The predicted octanol–water partition coefficient (Wildman–Crippen LogP) is 2.76. The number of carboxylic acids is 1. The van der Waals surface area contributed by atoms with E-state index in [-0.39, 0.29) is 11.7 Å². The number of rotatable bonds is 4. The Morgan fingerprint density at radius 1 is 1.33 bits per heavy atom. The van der Waals surface area contributed by atoms with Crippen LogP contribution in [0.25, 0.3) is 11.5 Å². The maximum atomic E-state index is 11.2. The smallest absolute Gasteiger partial charge is 0.373 e. The first kappa shape index (κ1) is 13.5. The average Bonchev–Trinajstić information content (AvgIpc) is 2.91. The molecule has 1 aromatic carbocycles. The summed E-state index contributed by atoms with van der Waals surface area (Å²) in [5, 5.41) is 9.20. The second kappa shape index (κ2) is 5.47. The summed E-state index contributed by atoms with van der Waals surface area (Å²) < 4.78 is 16.5. The zero-order valence-electron chi connectivity index (χ0n) is 11.6. The van der Waals surface area contributed by atoms with E-state index in [0.717, 1.165) is 6.42 Å². The van der Waals surface area contributed by atoms with Crippen LogP contribution in [-0.2, 0) is 6.42 Å². The van der Waals surface area contributed by atoms with Crippen molar-refractivity contribution in [3.8, 4) is 23.0 Å². The third-order valence-electron chi connectivity index (χ3n) is 3.18. The summed E-state index contributed by atoms with van der Waals surface area (Å²) in [7, 11) is 0.